The molecule has 0 aromatic rings. The minimum absolute atomic E-state index is 0.0406. The van der Waals surface area contributed by atoms with Gasteiger partial charge in [0.15, 0.2) is 0 Å². The smallest absolute Gasteiger partial charge is 0.248 e. The van der Waals surface area contributed by atoms with Crippen molar-refractivity contribution >= 4 is 11.8 Å². The van der Waals surface area contributed by atoms with Gasteiger partial charge in [-0.15, -0.1) is 0 Å². The van der Waals surface area contributed by atoms with Crippen LogP contribution in [0.1, 0.15) is 64.7 Å². The highest BCUT2D eigenvalue weighted by Crippen LogP contribution is 2.50. The van der Waals surface area contributed by atoms with E-state index < -0.39 is 5.54 Å². The molecule has 2 saturated carbocycles. The van der Waals surface area contributed by atoms with E-state index in [1.54, 1.807) is 0 Å². The van der Waals surface area contributed by atoms with Crippen LogP contribution < -0.4 is 5.32 Å². The molecule has 0 unspecified atom stereocenters. The molecule has 0 aromatic carbocycles. The van der Waals surface area contributed by atoms with Crippen LogP contribution in [0.5, 0.6) is 0 Å². The second-order valence-electron chi connectivity index (χ2n) is 7.10. The van der Waals surface area contributed by atoms with Gasteiger partial charge in [0.05, 0.1) is 6.54 Å². The third-order valence-corrected chi connectivity index (χ3v) is 5.38. The van der Waals surface area contributed by atoms with Gasteiger partial charge in [0.2, 0.25) is 11.8 Å². The lowest BCUT2D eigenvalue weighted by Crippen LogP contribution is -2.67. The molecule has 2 amide bonds. The van der Waals surface area contributed by atoms with Crippen molar-refractivity contribution in [3.05, 3.63) is 0 Å². The molecule has 20 heavy (non-hydrogen) atoms. The summed E-state index contributed by atoms with van der Waals surface area (Å²) in [4.78, 5) is 26.8. The number of rotatable bonds is 4. The minimum Gasteiger partial charge on any atom is -0.340 e. The van der Waals surface area contributed by atoms with Gasteiger partial charge in [-0.3, -0.25) is 9.59 Å². The zero-order valence-corrected chi connectivity index (χ0v) is 12.5. The maximum absolute atomic E-state index is 12.9. The predicted octanol–water partition coefficient (Wildman–Crippen LogP) is 2.23. The first kappa shape index (κ1) is 13.9. The Morgan fingerprint density at radius 2 is 1.80 bits per heavy atom. The quantitative estimate of drug-likeness (QED) is 0.857. The van der Waals surface area contributed by atoms with Crippen molar-refractivity contribution < 1.29 is 9.59 Å². The zero-order valence-electron chi connectivity index (χ0n) is 12.5. The Morgan fingerprint density at radius 1 is 1.10 bits per heavy atom. The molecule has 1 aliphatic heterocycles. The molecule has 0 aromatic heterocycles. The lowest BCUT2D eigenvalue weighted by molar-refractivity contribution is -0.152. The van der Waals surface area contributed by atoms with Crippen LogP contribution in [0.3, 0.4) is 0 Å². The molecule has 1 saturated heterocycles. The normalized spacial score (nSPS) is 27.6. The van der Waals surface area contributed by atoms with Crippen molar-refractivity contribution in [2.75, 3.05) is 13.1 Å². The molecule has 3 aliphatic rings. The number of hydrogen-bond acceptors (Lipinski definition) is 2. The average Bonchev–Trinajstić information content (AvgIpc) is 3.17. The molecule has 4 heteroatoms. The molecular formula is C16H26N2O2. The number of carbonyl (C=O) groups is 2. The third-order valence-electron chi connectivity index (χ3n) is 5.38. The van der Waals surface area contributed by atoms with Crippen LogP contribution in [0.15, 0.2) is 0 Å². The molecule has 4 nitrogen and oxygen atoms in total. The highest BCUT2D eigenvalue weighted by atomic mass is 16.2. The van der Waals surface area contributed by atoms with Crippen LogP contribution in [0.25, 0.3) is 0 Å². The van der Waals surface area contributed by atoms with E-state index >= 15 is 0 Å². The van der Waals surface area contributed by atoms with E-state index in [4.69, 9.17) is 0 Å². The summed E-state index contributed by atoms with van der Waals surface area (Å²) in [6, 6.07) is 0. The second kappa shape index (κ2) is 5.05. The lowest BCUT2D eigenvalue weighted by atomic mass is 9.79. The van der Waals surface area contributed by atoms with Gasteiger partial charge in [-0.2, -0.15) is 0 Å². The topological polar surface area (TPSA) is 49.4 Å². The Bertz CT molecular complexity index is 409. The molecule has 3 rings (SSSR count). The van der Waals surface area contributed by atoms with E-state index in [9.17, 15) is 9.59 Å². The summed E-state index contributed by atoms with van der Waals surface area (Å²) in [5, 5.41) is 3.02. The van der Waals surface area contributed by atoms with Crippen molar-refractivity contribution in [2.24, 2.45) is 5.41 Å². The SMILES string of the molecule is CCCC1(CN2CC(=O)NC3(CCCCC3)C2=O)CC1. The summed E-state index contributed by atoms with van der Waals surface area (Å²) in [5.41, 5.74) is -0.228. The Morgan fingerprint density at radius 3 is 2.40 bits per heavy atom. The van der Waals surface area contributed by atoms with Crippen molar-refractivity contribution in [1.29, 1.82) is 0 Å². The molecule has 112 valence electrons. The molecule has 2 aliphatic carbocycles. The van der Waals surface area contributed by atoms with Gasteiger partial charge in [0, 0.05) is 6.54 Å². The van der Waals surface area contributed by atoms with Gasteiger partial charge >= 0.3 is 0 Å². The van der Waals surface area contributed by atoms with E-state index in [0.717, 1.165) is 32.2 Å². The number of piperazine rings is 1. The van der Waals surface area contributed by atoms with Crippen LogP contribution in [0.4, 0.5) is 0 Å². The van der Waals surface area contributed by atoms with E-state index in [-0.39, 0.29) is 18.4 Å². The summed E-state index contributed by atoms with van der Waals surface area (Å²) in [6.45, 7) is 3.27. The summed E-state index contributed by atoms with van der Waals surface area (Å²) >= 11 is 0. The molecule has 1 heterocycles. The van der Waals surface area contributed by atoms with Gasteiger partial charge in [-0.1, -0.05) is 32.6 Å². The maximum atomic E-state index is 12.9. The van der Waals surface area contributed by atoms with Crippen LogP contribution in [-0.2, 0) is 9.59 Å². The van der Waals surface area contributed by atoms with Crippen LogP contribution >= 0.6 is 0 Å². The van der Waals surface area contributed by atoms with Crippen LogP contribution in [0, 0.1) is 5.41 Å². The largest absolute Gasteiger partial charge is 0.340 e. The first-order chi connectivity index (χ1) is 9.59. The second-order valence-corrected chi connectivity index (χ2v) is 7.10. The molecule has 3 fully saturated rings. The lowest BCUT2D eigenvalue weighted by Gasteiger charge is -2.45. The Hall–Kier alpha value is -1.06. The number of carbonyl (C=O) groups excluding carboxylic acids is 2. The fourth-order valence-corrected chi connectivity index (χ4v) is 4.13. The number of nitrogens with zero attached hydrogens (tertiary/aromatic N) is 1. The number of nitrogens with one attached hydrogen (secondary N) is 1. The molecule has 1 N–H and O–H groups in total. The van der Waals surface area contributed by atoms with Gasteiger partial charge in [-0.05, 0) is 37.5 Å². The maximum Gasteiger partial charge on any atom is 0.248 e. The summed E-state index contributed by atoms with van der Waals surface area (Å²) in [5.74, 6) is 0.234. The zero-order chi connectivity index (χ0) is 14.2. The van der Waals surface area contributed by atoms with Gasteiger partial charge < -0.3 is 10.2 Å². The van der Waals surface area contributed by atoms with Crippen molar-refractivity contribution in [1.82, 2.24) is 10.2 Å². The molecule has 0 atom stereocenters. The van der Waals surface area contributed by atoms with Crippen molar-refractivity contribution in [2.45, 2.75) is 70.3 Å². The Balaban J connectivity index is 1.74. The van der Waals surface area contributed by atoms with E-state index in [1.165, 1.54) is 32.1 Å². The van der Waals surface area contributed by atoms with E-state index in [1.807, 2.05) is 4.90 Å². The van der Waals surface area contributed by atoms with Crippen molar-refractivity contribution in [3.63, 3.8) is 0 Å². The Labute approximate surface area is 121 Å². The van der Waals surface area contributed by atoms with Crippen LogP contribution in [-0.4, -0.2) is 35.3 Å². The fourth-order valence-electron chi connectivity index (χ4n) is 4.13. The van der Waals surface area contributed by atoms with E-state index in [2.05, 4.69) is 12.2 Å². The summed E-state index contributed by atoms with van der Waals surface area (Å²) in [7, 11) is 0. The van der Waals surface area contributed by atoms with Gasteiger partial charge in [-0.25, -0.2) is 0 Å². The van der Waals surface area contributed by atoms with Gasteiger partial charge in [0.1, 0.15) is 5.54 Å². The average molecular weight is 278 g/mol. The first-order valence-corrected chi connectivity index (χ1v) is 8.20. The molecule has 1 spiro atoms. The monoisotopic (exact) mass is 278 g/mol. The highest BCUT2D eigenvalue weighted by molar-refractivity contribution is 5.98. The van der Waals surface area contributed by atoms with Crippen molar-refractivity contribution in [3.8, 4) is 0 Å². The fraction of sp³-hybridized carbons (Fsp3) is 0.875. The number of amides is 2. The molecule has 0 bridgehead atoms. The van der Waals surface area contributed by atoms with Gasteiger partial charge in [0.25, 0.3) is 0 Å². The van der Waals surface area contributed by atoms with Crippen LogP contribution in [0.2, 0.25) is 0 Å². The molecule has 0 radical (unpaired) electrons. The number of hydrogen-bond donors (Lipinski definition) is 1. The first-order valence-electron chi connectivity index (χ1n) is 8.20. The standard InChI is InChI=1S/C16H26N2O2/c1-2-6-15(9-10-15)12-18-11-13(19)17-16(14(18)20)7-4-3-5-8-16/h2-12H2,1H3,(H,17,19). The highest BCUT2D eigenvalue weighted by Gasteiger charge is 2.51. The van der Waals surface area contributed by atoms with E-state index in [0.29, 0.717) is 5.41 Å². The summed E-state index contributed by atoms with van der Waals surface area (Å²) < 4.78 is 0. The molecular weight excluding hydrogens is 252 g/mol. The predicted molar refractivity (Wildman–Crippen MR) is 77.1 cm³/mol. The third kappa shape index (κ3) is 2.45. The Kier molecular flexibility index (Phi) is 3.51. The summed E-state index contributed by atoms with van der Waals surface area (Å²) in [6.07, 6.45) is 9.75. The minimum atomic E-state index is -0.560.